The van der Waals surface area contributed by atoms with E-state index in [0.717, 1.165) is 6.08 Å². The number of aliphatic hydroxyl groups excluding tert-OH is 3. The van der Waals surface area contributed by atoms with Gasteiger partial charge in [-0.05, 0) is 11.6 Å². The van der Waals surface area contributed by atoms with Gasteiger partial charge in [0.05, 0.1) is 0 Å². The van der Waals surface area contributed by atoms with E-state index in [1.165, 1.54) is 6.08 Å². The van der Waals surface area contributed by atoms with Crippen LogP contribution in [0.1, 0.15) is 11.7 Å². The van der Waals surface area contributed by atoms with Gasteiger partial charge < -0.3 is 20.1 Å². The molecule has 0 fully saturated rings. The maximum absolute atomic E-state index is 11.1. The first-order chi connectivity index (χ1) is 8.59. The minimum Gasteiger partial charge on any atom is -0.453 e. The number of esters is 1. The van der Waals surface area contributed by atoms with E-state index >= 15 is 0 Å². The van der Waals surface area contributed by atoms with Crippen LogP contribution in [0.5, 0.6) is 0 Å². The minimum absolute atomic E-state index is 0.489. The number of carbonyl (C=O) groups is 1. The van der Waals surface area contributed by atoms with Gasteiger partial charge in [0.1, 0.15) is 18.3 Å². The highest BCUT2D eigenvalue weighted by molar-refractivity contribution is 5.83. The summed E-state index contributed by atoms with van der Waals surface area (Å²) >= 11 is 0. The van der Waals surface area contributed by atoms with Crippen LogP contribution in [0.3, 0.4) is 0 Å². The number of rotatable bonds is 3. The van der Waals surface area contributed by atoms with E-state index in [1.54, 1.807) is 30.3 Å². The normalized spacial score (nSPS) is 26.5. The van der Waals surface area contributed by atoms with Gasteiger partial charge in [-0.1, -0.05) is 30.3 Å². The Kier molecular flexibility index (Phi) is 3.76. The first-order valence-corrected chi connectivity index (χ1v) is 5.57. The molecule has 96 valence electrons. The van der Waals surface area contributed by atoms with Crippen LogP contribution < -0.4 is 0 Å². The van der Waals surface area contributed by atoms with Gasteiger partial charge in [-0.25, -0.2) is 4.79 Å². The van der Waals surface area contributed by atoms with Crippen LogP contribution in [0.25, 0.3) is 0 Å². The van der Waals surface area contributed by atoms with E-state index in [-0.39, 0.29) is 0 Å². The molecule has 3 N–H and O–H groups in total. The highest BCUT2D eigenvalue weighted by Crippen LogP contribution is 2.23. The van der Waals surface area contributed by atoms with Gasteiger partial charge in [0.2, 0.25) is 0 Å². The van der Waals surface area contributed by atoms with Crippen molar-refractivity contribution < 1.29 is 24.9 Å². The summed E-state index contributed by atoms with van der Waals surface area (Å²) in [5, 5.41) is 29.5. The number of hydrogen-bond acceptors (Lipinski definition) is 5. The summed E-state index contributed by atoms with van der Waals surface area (Å²) in [6.45, 7) is 0. The Bertz CT molecular complexity index is 442. The largest absolute Gasteiger partial charge is 0.453 e. The molecule has 0 amide bonds. The van der Waals surface area contributed by atoms with Crippen molar-refractivity contribution in [1.82, 2.24) is 0 Å². The Morgan fingerprint density at radius 1 is 1.17 bits per heavy atom. The Labute approximate surface area is 104 Å². The van der Waals surface area contributed by atoms with Crippen molar-refractivity contribution in [3.8, 4) is 0 Å². The summed E-state index contributed by atoms with van der Waals surface area (Å²) in [5.41, 5.74) is 0.489. The second kappa shape index (κ2) is 5.30. The van der Waals surface area contributed by atoms with Crippen molar-refractivity contribution in [3.05, 3.63) is 48.0 Å². The zero-order chi connectivity index (χ0) is 13.1. The smallest absolute Gasteiger partial charge is 0.330 e. The van der Waals surface area contributed by atoms with Gasteiger partial charge >= 0.3 is 5.97 Å². The van der Waals surface area contributed by atoms with E-state index in [9.17, 15) is 20.1 Å². The molecule has 1 aromatic carbocycles. The molecule has 0 aliphatic carbocycles. The molecule has 2 rings (SSSR count). The molecule has 0 spiro atoms. The number of cyclic esters (lactones) is 1. The first-order valence-electron chi connectivity index (χ1n) is 5.57. The molecule has 4 atom stereocenters. The molecule has 1 aromatic rings. The molecule has 0 bridgehead atoms. The number of hydrogen-bond donors (Lipinski definition) is 3. The highest BCUT2D eigenvalue weighted by Gasteiger charge is 2.36. The molecule has 0 saturated heterocycles. The molecular formula is C13H14O5. The molecule has 1 heterocycles. The molecule has 0 unspecified atom stereocenters. The van der Waals surface area contributed by atoms with Gasteiger partial charge in [0.25, 0.3) is 0 Å². The molecule has 5 heteroatoms. The molecule has 1 aliphatic rings. The Morgan fingerprint density at radius 2 is 1.83 bits per heavy atom. The second-order valence-electron chi connectivity index (χ2n) is 4.10. The topological polar surface area (TPSA) is 87.0 Å². The van der Waals surface area contributed by atoms with E-state index in [1.807, 2.05) is 0 Å². The lowest BCUT2D eigenvalue weighted by Crippen LogP contribution is -2.45. The minimum atomic E-state index is -1.39. The van der Waals surface area contributed by atoms with Crippen LogP contribution in [-0.2, 0) is 9.53 Å². The van der Waals surface area contributed by atoms with Gasteiger partial charge in [0.15, 0.2) is 6.10 Å². The van der Waals surface area contributed by atoms with Crippen molar-refractivity contribution in [2.45, 2.75) is 24.4 Å². The van der Waals surface area contributed by atoms with Crippen LogP contribution in [-0.4, -0.2) is 39.6 Å². The summed E-state index contributed by atoms with van der Waals surface area (Å²) in [5.74, 6) is -0.649. The van der Waals surface area contributed by atoms with Crippen LogP contribution in [0.2, 0.25) is 0 Å². The van der Waals surface area contributed by atoms with Crippen LogP contribution in [0.4, 0.5) is 0 Å². The molecule has 0 radical (unpaired) electrons. The fourth-order valence-corrected chi connectivity index (χ4v) is 1.83. The van der Waals surface area contributed by atoms with Gasteiger partial charge in [-0.2, -0.15) is 0 Å². The quantitative estimate of drug-likeness (QED) is 0.653. The van der Waals surface area contributed by atoms with Crippen molar-refractivity contribution in [1.29, 1.82) is 0 Å². The maximum atomic E-state index is 11.1. The second-order valence-corrected chi connectivity index (χ2v) is 4.10. The van der Waals surface area contributed by atoms with Crippen molar-refractivity contribution in [3.63, 3.8) is 0 Å². The average molecular weight is 250 g/mol. The molecule has 5 nitrogen and oxygen atoms in total. The zero-order valence-corrected chi connectivity index (χ0v) is 9.51. The fourth-order valence-electron chi connectivity index (χ4n) is 1.83. The zero-order valence-electron chi connectivity index (χ0n) is 9.51. The van der Waals surface area contributed by atoms with Crippen molar-refractivity contribution >= 4 is 5.97 Å². The fraction of sp³-hybridized carbons (Fsp3) is 0.308. The van der Waals surface area contributed by atoms with Crippen LogP contribution in [0.15, 0.2) is 42.5 Å². The predicted molar refractivity (Wildman–Crippen MR) is 62.4 cm³/mol. The molecule has 0 saturated carbocycles. The third-order valence-corrected chi connectivity index (χ3v) is 2.82. The summed E-state index contributed by atoms with van der Waals surface area (Å²) in [7, 11) is 0. The van der Waals surface area contributed by atoms with Crippen molar-refractivity contribution in [2.75, 3.05) is 0 Å². The van der Waals surface area contributed by atoms with E-state index < -0.39 is 30.4 Å². The Hall–Kier alpha value is -1.69. The van der Waals surface area contributed by atoms with Crippen molar-refractivity contribution in [2.24, 2.45) is 0 Å². The lowest BCUT2D eigenvalue weighted by Gasteiger charge is -2.30. The van der Waals surface area contributed by atoms with E-state index in [2.05, 4.69) is 0 Å². The van der Waals surface area contributed by atoms with Crippen LogP contribution in [0, 0.1) is 0 Å². The summed E-state index contributed by atoms with van der Waals surface area (Å²) in [6.07, 6.45) is -2.60. The summed E-state index contributed by atoms with van der Waals surface area (Å²) < 4.78 is 4.82. The lowest BCUT2D eigenvalue weighted by atomic mass is 9.96. The Balaban J connectivity index is 2.14. The van der Waals surface area contributed by atoms with Gasteiger partial charge in [-0.15, -0.1) is 0 Å². The summed E-state index contributed by atoms with van der Waals surface area (Å²) in [4.78, 5) is 11.1. The van der Waals surface area contributed by atoms with Gasteiger partial charge in [-0.3, -0.25) is 0 Å². The van der Waals surface area contributed by atoms with E-state index in [0.29, 0.717) is 5.56 Å². The average Bonchev–Trinajstić information content (AvgIpc) is 2.41. The maximum Gasteiger partial charge on any atom is 0.330 e. The number of aliphatic hydroxyl groups is 3. The number of benzene rings is 1. The van der Waals surface area contributed by atoms with Crippen LogP contribution >= 0.6 is 0 Å². The first kappa shape index (κ1) is 12.8. The van der Waals surface area contributed by atoms with Gasteiger partial charge in [0, 0.05) is 6.08 Å². The number of ether oxygens (including phenoxy) is 1. The predicted octanol–water partition coefficient (Wildman–Crippen LogP) is -0.0766. The monoisotopic (exact) mass is 250 g/mol. The standard InChI is InChI=1S/C13H14O5/c14-9-6-7-10(15)18-13(9)12(17)11(16)8-4-2-1-3-5-8/h1-7,9,11-14,16-17H/t9-,11+,12-,13+/m0/s1. The SMILES string of the molecule is O=C1C=C[C@H](O)[C@H]([C@@H](O)[C@H](O)c2ccccc2)O1. The Morgan fingerprint density at radius 3 is 2.50 bits per heavy atom. The van der Waals surface area contributed by atoms with E-state index in [4.69, 9.17) is 4.74 Å². The molecular weight excluding hydrogens is 236 g/mol. The summed E-state index contributed by atoms with van der Waals surface area (Å²) in [6, 6.07) is 8.49. The third kappa shape index (κ3) is 2.59. The number of carbonyl (C=O) groups excluding carboxylic acids is 1. The molecule has 1 aliphatic heterocycles. The molecule has 0 aromatic heterocycles. The molecule has 18 heavy (non-hydrogen) atoms. The third-order valence-electron chi connectivity index (χ3n) is 2.82. The highest BCUT2D eigenvalue weighted by atomic mass is 16.6. The lowest BCUT2D eigenvalue weighted by molar-refractivity contribution is -0.166.